The van der Waals surface area contributed by atoms with E-state index in [1.54, 1.807) is 0 Å². The van der Waals surface area contributed by atoms with Crippen LogP contribution in [0.25, 0.3) is 0 Å². The van der Waals surface area contributed by atoms with Crippen LogP contribution in [0.15, 0.2) is 24.3 Å². The van der Waals surface area contributed by atoms with Crippen molar-refractivity contribution in [3.05, 3.63) is 29.8 Å². The highest BCUT2D eigenvalue weighted by molar-refractivity contribution is 5.28. The summed E-state index contributed by atoms with van der Waals surface area (Å²) in [5.74, 6) is 0.774. The molecule has 3 N–H and O–H groups in total. The number of hydrogen-bond acceptors (Lipinski definition) is 5. The van der Waals surface area contributed by atoms with Gasteiger partial charge < -0.3 is 25.0 Å². The van der Waals surface area contributed by atoms with E-state index in [0.717, 1.165) is 12.2 Å². The second kappa shape index (κ2) is 7.75. The van der Waals surface area contributed by atoms with Crippen LogP contribution in [-0.4, -0.2) is 54.8 Å². The molecule has 1 aromatic carbocycles. The summed E-state index contributed by atoms with van der Waals surface area (Å²) >= 11 is 0. The summed E-state index contributed by atoms with van der Waals surface area (Å²) in [5.41, 5.74) is 0.416. The van der Waals surface area contributed by atoms with Crippen LogP contribution in [0.5, 0.6) is 5.75 Å². The predicted octanol–water partition coefficient (Wildman–Crippen LogP) is 0.730. The Bertz CT molecular complexity index is 432. The van der Waals surface area contributed by atoms with Gasteiger partial charge in [0.1, 0.15) is 24.1 Å². The molecule has 2 atom stereocenters. The average Bonchev–Trinajstić information content (AvgIpc) is 2.92. The number of benzene rings is 1. The van der Waals surface area contributed by atoms with Crippen LogP contribution in [0, 0.1) is 0 Å². The van der Waals surface area contributed by atoms with Crippen molar-refractivity contribution in [3.8, 4) is 5.75 Å². The second-order valence-corrected chi connectivity index (χ2v) is 5.62. The minimum Gasteiger partial charge on any atom is -0.491 e. The van der Waals surface area contributed by atoms with E-state index >= 15 is 0 Å². The Morgan fingerprint density at radius 1 is 1.48 bits per heavy atom. The van der Waals surface area contributed by atoms with Crippen LogP contribution in [0.2, 0.25) is 0 Å². The molecule has 0 bridgehead atoms. The molecule has 0 aromatic heterocycles. The zero-order valence-corrected chi connectivity index (χ0v) is 12.5. The maximum Gasteiger partial charge on any atom is 0.119 e. The summed E-state index contributed by atoms with van der Waals surface area (Å²) in [6, 6.07) is 7.88. The Hall–Kier alpha value is -1.14. The summed E-state index contributed by atoms with van der Waals surface area (Å²) in [6.07, 6.45) is 0.986. The Morgan fingerprint density at radius 3 is 3.05 bits per heavy atom. The van der Waals surface area contributed by atoms with Crippen LogP contribution in [0.1, 0.15) is 18.9 Å². The lowest BCUT2D eigenvalue weighted by molar-refractivity contribution is 0.0226. The first-order chi connectivity index (χ1) is 10.1. The van der Waals surface area contributed by atoms with Crippen LogP contribution in [0.4, 0.5) is 0 Å². The maximum atomic E-state index is 10.1. The minimum atomic E-state index is -0.796. The van der Waals surface area contributed by atoms with Crippen molar-refractivity contribution < 1.29 is 19.7 Å². The van der Waals surface area contributed by atoms with Crippen molar-refractivity contribution in [2.24, 2.45) is 0 Å². The number of ether oxygens (including phenoxy) is 2. The first kappa shape index (κ1) is 16.2. The van der Waals surface area contributed by atoms with Gasteiger partial charge in [-0.3, -0.25) is 0 Å². The first-order valence-electron chi connectivity index (χ1n) is 7.52. The molecule has 2 unspecified atom stereocenters. The fourth-order valence-electron chi connectivity index (χ4n) is 2.31. The number of aryl methyl sites for hydroxylation is 1. The third-order valence-corrected chi connectivity index (χ3v) is 3.67. The van der Waals surface area contributed by atoms with Crippen LogP contribution in [-0.2, 0) is 11.2 Å². The fraction of sp³-hybridized carbons (Fsp3) is 0.625. The molecule has 0 amide bonds. The van der Waals surface area contributed by atoms with Gasteiger partial charge in [0.05, 0.1) is 6.61 Å². The fourth-order valence-corrected chi connectivity index (χ4v) is 2.31. The molecule has 1 aromatic rings. The number of hydrogen-bond donors (Lipinski definition) is 3. The molecule has 0 saturated carbocycles. The molecule has 0 spiro atoms. The molecule has 1 heterocycles. The summed E-state index contributed by atoms with van der Waals surface area (Å²) < 4.78 is 10.7. The zero-order valence-electron chi connectivity index (χ0n) is 12.5. The minimum absolute atomic E-state index is 0.231. The molecule has 1 saturated heterocycles. The largest absolute Gasteiger partial charge is 0.491 e. The summed E-state index contributed by atoms with van der Waals surface area (Å²) in [4.78, 5) is 0. The molecule has 0 radical (unpaired) electrons. The van der Waals surface area contributed by atoms with Gasteiger partial charge in [0.25, 0.3) is 0 Å². The van der Waals surface area contributed by atoms with Gasteiger partial charge in [0.2, 0.25) is 0 Å². The van der Waals surface area contributed by atoms with Crippen molar-refractivity contribution in [1.82, 2.24) is 5.32 Å². The molecule has 21 heavy (non-hydrogen) atoms. The van der Waals surface area contributed by atoms with Gasteiger partial charge in [0.15, 0.2) is 0 Å². The van der Waals surface area contributed by atoms with Crippen molar-refractivity contribution in [2.45, 2.75) is 31.5 Å². The van der Waals surface area contributed by atoms with Gasteiger partial charge in [-0.25, -0.2) is 0 Å². The lowest BCUT2D eigenvalue weighted by atomic mass is 10.0. The molecule has 1 aliphatic rings. The van der Waals surface area contributed by atoms with Gasteiger partial charge in [-0.2, -0.15) is 0 Å². The molecule has 0 aliphatic carbocycles. The van der Waals surface area contributed by atoms with Crippen molar-refractivity contribution >= 4 is 0 Å². The summed E-state index contributed by atoms with van der Waals surface area (Å²) in [7, 11) is 0. The molecular weight excluding hydrogens is 270 g/mol. The number of aliphatic hydroxyl groups excluding tert-OH is 1. The van der Waals surface area contributed by atoms with E-state index < -0.39 is 11.7 Å². The zero-order chi connectivity index (χ0) is 15.1. The van der Waals surface area contributed by atoms with Crippen molar-refractivity contribution in [2.75, 3.05) is 32.9 Å². The monoisotopic (exact) mass is 295 g/mol. The molecule has 1 fully saturated rings. The van der Waals surface area contributed by atoms with E-state index in [0.29, 0.717) is 32.7 Å². The van der Waals surface area contributed by atoms with Gasteiger partial charge in [-0.15, -0.1) is 0 Å². The van der Waals surface area contributed by atoms with Crippen LogP contribution in [0.3, 0.4) is 0 Å². The lowest BCUT2D eigenvalue weighted by Gasteiger charge is -2.22. The smallest absolute Gasteiger partial charge is 0.119 e. The van der Waals surface area contributed by atoms with E-state index in [-0.39, 0.29) is 6.61 Å². The molecule has 2 rings (SSSR count). The highest BCUT2D eigenvalue weighted by atomic mass is 16.5. The Labute approximate surface area is 125 Å². The third kappa shape index (κ3) is 5.28. The van der Waals surface area contributed by atoms with Gasteiger partial charge in [-0.05, 0) is 24.1 Å². The summed E-state index contributed by atoms with van der Waals surface area (Å²) in [5, 5.41) is 23.0. The lowest BCUT2D eigenvalue weighted by Crippen LogP contribution is -2.44. The molecule has 5 heteroatoms. The van der Waals surface area contributed by atoms with E-state index in [9.17, 15) is 10.2 Å². The number of aliphatic hydroxyl groups is 2. The average molecular weight is 295 g/mol. The predicted molar refractivity (Wildman–Crippen MR) is 80.6 cm³/mol. The van der Waals surface area contributed by atoms with E-state index in [2.05, 4.69) is 18.3 Å². The Morgan fingerprint density at radius 2 is 2.33 bits per heavy atom. The summed E-state index contributed by atoms with van der Waals surface area (Å²) in [6.45, 7) is 4.09. The number of rotatable bonds is 8. The van der Waals surface area contributed by atoms with Gasteiger partial charge in [0, 0.05) is 26.1 Å². The van der Waals surface area contributed by atoms with E-state index in [4.69, 9.17) is 9.47 Å². The standard InChI is InChI=1S/C16H25NO4/c1-2-13-4-3-5-15(8-13)21-10-14(18)9-17-11-16(19)6-7-20-12-16/h3-5,8,14,17-19H,2,6-7,9-12H2,1H3. The van der Waals surface area contributed by atoms with Crippen molar-refractivity contribution in [3.63, 3.8) is 0 Å². The van der Waals surface area contributed by atoms with Crippen LogP contribution >= 0.6 is 0 Å². The van der Waals surface area contributed by atoms with Crippen molar-refractivity contribution in [1.29, 1.82) is 0 Å². The Balaban J connectivity index is 1.66. The van der Waals surface area contributed by atoms with Gasteiger partial charge in [-0.1, -0.05) is 19.1 Å². The van der Waals surface area contributed by atoms with E-state index in [1.807, 2.05) is 18.2 Å². The topological polar surface area (TPSA) is 71.0 Å². The second-order valence-electron chi connectivity index (χ2n) is 5.62. The normalized spacial score (nSPS) is 23.2. The molecule has 118 valence electrons. The third-order valence-electron chi connectivity index (χ3n) is 3.67. The Kier molecular flexibility index (Phi) is 5.99. The van der Waals surface area contributed by atoms with Crippen LogP contribution < -0.4 is 10.1 Å². The van der Waals surface area contributed by atoms with Gasteiger partial charge >= 0.3 is 0 Å². The number of nitrogens with one attached hydrogen (secondary N) is 1. The van der Waals surface area contributed by atoms with E-state index in [1.165, 1.54) is 5.56 Å². The maximum absolute atomic E-state index is 10.1. The quantitative estimate of drug-likeness (QED) is 0.659. The highest BCUT2D eigenvalue weighted by Crippen LogP contribution is 2.17. The SMILES string of the molecule is CCc1cccc(OCC(O)CNCC2(O)CCOC2)c1. The molecule has 1 aliphatic heterocycles. The highest BCUT2D eigenvalue weighted by Gasteiger charge is 2.31. The molecular formula is C16H25NO4. The first-order valence-corrected chi connectivity index (χ1v) is 7.52. The molecule has 5 nitrogen and oxygen atoms in total.